The average molecular weight is 474 g/mol. The van der Waals surface area contributed by atoms with Crippen molar-refractivity contribution in [3.8, 4) is 17.6 Å². The van der Waals surface area contributed by atoms with Crippen LogP contribution in [0, 0.1) is 18.8 Å². The molecule has 0 radical (unpaired) electrons. The van der Waals surface area contributed by atoms with E-state index in [2.05, 4.69) is 11.8 Å². The van der Waals surface area contributed by atoms with Gasteiger partial charge in [-0.25, -0.2) is 0 Å². The fraction of sp³-hybridized carbons (Fsp3) is 0.111. The Hall–Kier alpha value is -3.53. The summed E-state index contributed by atoms with van der Waals surface area (Å²) in [5.74, 6) is 6.66. The molecular weight excluding hydrogens is 450 g/mol. The zero-order valence-electron chi connectivity index (χ0n) is 18.1. The van der Waals surface area contributed by atoms with Crippen LogP contribution in [-0.4, -0.2) is 15.0 Å². The minimum Gasteiger partial charge on any atom is -0.377 e. The van der Waals surface area contributed by atoms with Crippen LogP contribution in [-0.2, 0) is 16.7 Å². The summed E-state index contributed by atoms with van der Waals surface area (Å²) >= 11 is 1.59. The molecule has 0 aliphatic heterocycles. The predicted octanol–water partition coefficient (Wildman–Crippen LogP) is 5.88. The molecule has 4 aromatic rings. The summed E-state index contributed by atoms with van der Waals surface area (Å²) in [7, 11) is -3.98. The van der Waals surface area contributed by atoms with Crippen molar-refractivity contribution in [3.63, 3.8) is 0 Å². The fourth-order valence-electron chi connectivity index (χ4n) is 3.26. The average Bonchev–Trinajstić information content (AvgIpc) is 3.33. The van der Waals surface area contributed by atoms with Gasteiger partial charge in [0.05, 0.1) is 17.1 Å². The highest BCUT2D eigenvalue weighted by Crippen LogP contribution is 2.31. The lowest BCUT2D eigenvalue weighted by Crippen LogP contribution is -2.24. The van der Waals surface area contributed by atoms with Crippen molar-refractivity contribution in [3.05, 3.63) is 112 Å². The van der Waals surface area contributed by atoms with Gasteiger partial charge in [0.25, 0.3) is 0 Å². The number of aryl methyl sites for hydroxylation is 1. The van der Waals surface area contributed by atoms with Gasteiger partial charge in [-0.2, -0.15) is 8.42 Å². The number of hydrogen-bond acceptors (Lipinski definition) is 5. The number of hydrogen-bond donors (Lipinski definition) is 0. The lowest BCUT2D eigenvalue weighted by Gasteiger charge is -2.25. The minimum absolute atomic E-state index is 0.120. The van der Waals surface area contributed by atoms with E-state index in [1.165, 1.54) is 0 Å². The van der Waals surface area contributed by atoms with E-state index >= 15 is 0 Å². The molecule has 0 bridgehead atoms. The Morgan fingerprint density at radius 1 is 0.879 bits per heavy atom. The van der Waals surface area contributed by atoms with E-state index in [0.717, 1.165) is 16.0 Å². The molecular formula is C27H23NO3S2. The highest BCUT2D eigenvalue weighted by molar-refractivity contribution is 7.87. The molecule has 0 amide bonds. The normalized spacial score (nSPS) is 10.8. The molecule has 33 heavy (non-hydrogen) atoms. The molecule has 0 saturated carbocycles. The van der Waals surface area contributed by atoms with Gasteiger partial charge in [-0.05, 0) is 48.2 Å². The van der Waals surface area contributed by atoms with Crippen LogP contribution in [0.5, 0.6) is 5.75 Å². The third kappa shape index (κ3) is 6.04. The summed E-state index contributed by atoms with van der Waals surface area (Å²) in [5, 5.41) is 1.99. The van der Waals surface area contributed by atoms with Gasteiger partial charge in [-0.15, -0.1) is 11.3 Å². The van der Waals surface area contributed by atoms with Crippen molar-refractivity contribution in [2.75, 3.05) is 11.4 Å². The summed E-state index contributed by atoms with van der Waals surface area (Å²) < 4.78 is 31.5. The molecule has 0 fully saturated rings. The molecule has 0 atom stereocenters. The first kappa shape index (κ1) is 22.7. The largest absolute Gasteiger partial charge is 0.377 e. The summed E-state index contributed by atoms with van der Waals surface area (Å²) in [6.45, 7) is 2.88. The molecule has 4 rings (SSSR count). The summed E-state index contributed by atoms with van der Waals surface area (Å²) in [4.78, 5) is 3.13. The van der Waals surface area contributed by atoms with Crippen LogP contribution >= 0.6 is 11.3 Å². The Morgan fingerprint density at radius 2 is 1.61 bits per heavy atom. The first-order chi connectivity index (χ1) is 16.0. The molecule has 166 valence electrons. The van der Waals surface area contributed by atoms with Gasteiger partial charge in [0, 0.05) is 6.54 Å². The SMILES string of the molecule is Cc1ccc(S(=O)(=O)Oc2ccccc2N(CC#Cc2cccs2)Cc2ccccc2)cc1. The van der Waals surface area contributed by atoms with E-state index in [1.807, 2.05) is 71.8 Å². The maximum absolute atomic E-state index is 12.9. The number of benzene rings is 3. The van der Waals surface area contributed by atoms with Crippen molar-refractivity contribution >= 4 is 27.1 Å². The van der Waals surface area contributed by atoms with E-state index in [1.54, 1.807) is 47.7 Å². The number of nitrogens with zero attached hydrogens (tertiary/aromatic N) is 1. The zero-order valence-corrected chi connectivity index (χ0v) is 19.8. The molecule has 0 spiro atoms. The van der Waals surface area contributed by atoms with Crippen molar-refractivity contribution < 1.29 is 12.6 Å². The van der Waals surface area contributed by atoms with Gasteiger partial charge in [0.15, 0.2) is 5.75 Å². The van der Waals surface area contributed by atoms with Crippen molar-refractivity contribution in [1.29, 1.82) is 0 Å². The standard InChI is InChI=1S/C27H23NO3S2/c1-22-15-17-25(18-16-22)33(29,30)31-27-14-6-5-13-26(27)28(21-23-9-3-2-4-10-23)19-7-11-24-12-8-20-32-24/h2-6,8-10,12-18,20H,19,21H2,1H3. The van der Waals surface area contributed by atoms with Gasteiger partial charge in [0.1, 0.15) is 4.90 Å². The molecule has 0 unspecified atom stereocenters. The lowest BCUT2D eigenvalue weighted by molar-refractivity contribution is 0.485. The van der Waals surface area contributed by atoms with Crippen LogP contribution in [0.1, 0.15) is 16.0 Å². The van der Waals surface area contributed by atoms with Gasteiger partial charge >= 0.3 is 10.1 Å². The van der Waals surface area contributed by atoms with Crippen LogP contribution in [0.15, 0.2) is 101 Å². The maximum atomic E-state index is 12.9. The van der Waals surface area contributed by atoms with Gasteiger partial charge in [-0.1, -0.05) is 78.1 Å². The predicted molar refractivity (Wildman–Crippen MR) is 134 cm³/mol. The Labute approximate surface area is 199 Å². The van der Waals surface area contributed by atoms with Crippen molar-refractivity contribution in [1.82, 2.24) is 0 Å². The summed E-state index contributed by atoms with van der Waals surface area (Å²) in [5.41, 5.74) is 2.73. The lowest BCUT2D eigenvalue weighted by atomic mass is 10.2. The van der Waals surface area contributed by atoms with Crippen molar-refractivity contribution in [2.24, 2.45) is 0 Å². The van der Waals surface area contributed by atoms with Gasteiger partial charge < -0.3 is 9.08 Å². The Kier molecular flexibility index (Phi) is 7.13. The Morgan fingerprint density at radius 3 is 2.33 bits per heavy atom. The molecule has 1 heterocycles. The third-order valence-electron chi connectivity index (χ3n) is 4.93. The van der Waals surface area contributed by atoms with E-state index in [-0.39, 0.29) is 10.6 Å². The minimum atomic E-state index is -3.98. The number of thiophene rings is 1. The van der Waals surface area contributed by atoms with Gasteiger partial charge in [-0.3, -0.25) is 0 Å². The monoisotopic (exact) mass is 473 g/mol. The van der Waals surface area contributed by atoms with Gasteiger partial charge in [0.2, 0.25) is 0 Å². The summed E-state index contributed by atoms with van der Waals surface area (Å²) in [6.07, 6.45) is 0. The zero-order chi connectivity index (χ0) is 23.1. The number of para-hydroxylation sites is 2. The van der Waals surface area contributed by atoms with Crippen LogP contribution < -0.4 is 9.08 Å². The molecule has 0 N–H and O–H groups in total. The number of anilines is 1. The first-order valence-corrected chi connectivity index (χ1v) is 12.7. The first-order valence-electron chi connectivity index (χ1n) is 10.4. The van der Waals surface area contributed by atoms with E-state index in [4.69, 9.17) is 4.18 Å². The van der Waals surface area contributed by atoms with E-state index in [0.29, 0.717) is 18.8 Å². The van der Waals surface area contributed by atoms with Crippen LogP contribution in [0.4, 0.5) is 5.69 Å². The quantitative estimate of drug-likeness (QED) is 0.248. The van der Waals surface area contributed by atoms with Crippen LogP contribution in [0.2, 0.25) is 0 Å². The molecule has 1 aromatic heterocycles. The van der Waals surface area contributed by atoms with Crippen LogP contribution in [0.25, 0.3) is 0 Å². The third-order valence-corrected chi connectivity index (χ3v) is 6.97. The Bertz CT molecular complexity index is 1350. The van der Waals surface area contributed by atoms with Crippen LogP contribution in [0.3, 0.4) is 0 Å². The molecule has 6 heteroatoms. The number of rotatable bonds is 7. The second-order valence-electron chi connectivity index (χ2n) is 7.44. The fourth-order valence-corrected chi connectivity index (χ4v) is 4.80. The second kappa shape index (κ2) is 10.4. The summed E-state index contributed by atoms with van der Waals surface area (Å²) in [6, 6.07) is 27.7. The Balaban J connectivity index is 1.65. The van der Waals surface area contributed by atoms with E-state index < -0.39 is 10.1 Å². The molecule has 0 aliphatic carbocycles. The highest BCUT2D eigenvalue weighted by atomic mass is 32.2. The molecule has 4 nitrogen and oxygen atoms in total. The van der Waals surface area contributed by atoms with Crippen molar-refractivity contribution in [2.45, 2.75) is 18.4 Å². The smallest absolute Gasteiger partial charge is 0.339 e. The molecule has 0 saturated heterocycles. The van der Waals surface area contributed by atoms with E-state index in [9.17, 15) is 8.42 Å². The topological polar surface area (TPSA) is 46.6 Å². The second-order valence-corrected chi connectivity index (χ2v) is 9.93. The molecule has 3 aromatic carbocycles. The highest BCUT2D eigenvalue weighted by Gasteiger charge is 2.20. The molecule has 0 aliphatic rings. The maximum Gasteiger partial charge on any atom is 0.339 e.